The molecule has 6 aromatic carbocycles. The maximum absolute atomic E-state index is 14.5. The third-order valence-corrected chi connectivity index (χ3v) is 15.0. The lowest BCUT2D eigenvalue weighted by molar-refractivity contribution is -0.138. The summed E-state index contributed by atoms with van der Waals surface area (Å²) in [5.74, 6) is 1.88. The molecule has 1 aliphatic heterocycles. The molecule has 8 atom stereocenters. The third kappa shape index (κ3) is 7.59. The topological polar surface area (TPSA) is 165 Å². The SMILES string of the molecule is CCC(=O)N[C@@H](C(=O)N(Cc1nc2c(ccc3cc(-c4ccc5c(ccc6[nH]c([C@@H]7[C@H]8CC[C@H](C8)N7C(=O)[C@H](NC(=O)OC)c7ccccc7)nc65)c4)ccc32)[nH]1)C1C(C)[C@H]1C)c1ccccc1. The number of rotatable bonds is 12. The Balaban J connectivity index is 0.868. The van der Waals surface area contributed by atoms with E-state index in [4.69, 9.17) is 14.7 Å². The zero-order valence-corrected chi connectivity index (χ0v) is 38.5. The van der Waals surface area contributed by atoms with Crippen LogP contribution in [-0.4, -0.2) is 72.7 Å². The number of alkyl carbamates (subject to hydrolysis) is 1. The van der Waals surface area contributed by atoms with E-state index in [-0.39, 0.29) is 48.2 Å². The van der Waals surface area contributed by atoms with Crippen molar-refractivity contribution in [2.75, 3.05) is 7.11 Å². The summed E-state index contributed by atoms with van der Waals surface area (Å²) < 4.78 is 4.93. The van der Waals surface area contributed by atoms with Gasteiger partial charge in [0.2, 0.25) is 11.8 Å². The molecule has 13 nitrogen and oxygen atoms in total. The fraction of sp³-hybridized carbons (Fsp3) is 0.309. The highest BCUT2D eigenvalue weighted by Gasteiger charge is 2.52. The monoisotopic (exact) mass is 906 g/mol. The number of hydrogen-bond donors (Lipinski definition) is 4. The summed E-state index contributed by atoms with van der Waals surface area (Å²) in [6, 6.07) is 38.2. The lowest BCUT2D eigenvalue weighted by Crippen LogP contribution is -2.47. The van der Waals surface area contributed by atoms with E-state index >= 15 is 0 Å². The second-order valence-electron chi connectivity index (χ2n) is 18.9. The molecule has 3 heterocycles. The molecule has 8 aromatic rings. The van der Waals surface area contributed by atoms with Gasteiger partial charge in [-0.1, -0.05) is 118 Å². The number of carbonyl (C=O) groups is 4. The van der Waals surface area contributed by atoms with E-state index < -0.39 is 18.2 Å². The van der Waals surface area contributed by atoms with Gasteiger partial charge in [-0.05, 0) is 94.3 Å². The van der Waals surface area contributed by atoms with Crippen molar-refractivity contribution >= 4 is 67.4 Å². The van der Waals surface area contributed by atoms with Gasteiger partial charge in [-0.15, -0.1) is 0 Å². The number of piperidine rings is 1. The Morgan fingerprint density at radius 2 is 1.34 bits per heavy atom. The van der Waals surface area contributed by atoms with Gasteiger partial charge in [-0.2, -0.15) is 0 Å². The second-order valence-corrected chi connectivity index (χ2v) is 18.9. The van der Waals surface area contributed by atoms with Crippen molar-refractivity contribution in [2.24, 2.45) is 17.8 Å². The van der Waals surface area contributed by atoms with Gasteiger partial charge in [0.25, 0.3) is 5.91 Å². The van der Waals surface area contributed by atoms with E-state index in [1.165, 1.54) is 7.11 Å². The number of aromatic amines is 2. The average Bonchev–Trinajstić information content (AvgIpc) is 4.01. The van der Waals surface area contributed by atoms with E-state index in [1.54, 1.807) is 6.92 Å². The molecule has 2 unspecified atom stereocenters. The van der Waals surface area contributed by atoms with Gasteiger partial charge in [0.1, 0.15) is 23.7 Å². The Kier molecular flexibility index (Phi) is 10.9. The van der Waals surface area contributed by atoms with Gasteiger partial charge in [0, 0.05) is 29.3 Å². The number of ether oxygens (including phenoxy) is 1. The van der Waals surface area contributed by atoms with Crippen LogP contribution in [0.25, 0.3) is 54.7 Å². The van der Waals surface area contributed by atoms with Gasteiger partial charge in [-0.3, -0.25) is 14.4 Å². The fourth-order valence-corrected chi connectivity index (χ4v) is 11.2. The van der Waals surface area contributed by atoms with E-state index in [2.05, 4.69) is 95.1 Å². The van der Waals surface area contributed by atoms with Gasteiger partial charge in [-0.25, -0.2) is 14.8 Å². The number of aromatic nitrogens is 4. The minimum atomic E-state index is -0.888. The molecule has 68 heavy (non-hydrogen) atoms. The largest absolute Gasteiger partial charge is 0.453 e. The number of nitrogens with zero attached hydrogens (tertiary/aromatic N) is 4. The first kappa shape index (κ1) is 43.1. The molecule has 2 aliphatic carbocycles. The standard InChI is InChI=1S/C55H54N8O5/c1-5-45(64)59-46(32-12-8-6-9-13-32)53(65)62(50-30(2)31(50)3)29-44-56-42-24-19-36-26-34(17-22-40(36)48(42)58-44)35-18-23-41-37(27-35)20-25-43-49(41)60-52(57-43)51-38-16-21-39(28-38)63(51)54(66)47(61-55(67)68-4)33-14-10-7-11-15-33/h6-15,17-20,22-27,30-31,38-39,46-47,50-51H,5,16,21,28-29H2,1-4H3,(H,56,58)(H,57,60)(H,59,64)(H,61,67)/t30-,31?,38+,39-,46-,47-,50?,51+/m1/s1. The van der Waals surface area contributed by atoms with E-state index in [0.29, 0.717) is 29.8 Å². The maximum Gasteiger partial charge on any atom is 0.407 e. The second kappa shape index (κ2) is 17.3. The van der Waals surface area contributed by atoms with Crippen LogP contribution in [0.4, 0.5) is 4.79 Å². The Morgan fingerprint density at radius 1 is 0.735 bits per heavy atom. The van der Waals surface area contributed by atoms with Gasteiger partial charge in [0.05, 0.1) is 41.8 Å². The molecule has 344 valence electrons. The number of carbonyl (C=O) groups excluding carboxylic acids is 4. The summed E-state index contributed by atoms with van der Waals surface area (Å²) in [4.78, 5) is 75.5. The number of hydrogen-bond acceptors (Lipinski definition) is 7. The number of nitrogens with one attached hydrogen (secondary N) is 4. The van der Waals surface area contributed by atoms with Crippen molar-refractivity contribution < 1.29 is 23.9 Å². The van der Waals surface area contributed by atoms with Crippen LogP contribution in [0.5, 0.6) is 0 Å². The quantitative estimate of drug-likeness (QED) is 0.0948. The summed E-state index contributed by atoms with van der Waals surface area (Å²) in [6.45, 7) is 6.42. The highest BCUT2D eigenvalue weighted by molar-refractivity contribution is 6.07. The first-order chi connectivity index (χ1) is 33.1. The van der Waals surface area contributed by atoms with Gasteiger partial charge >= 0.3 is 6.09 Å². The molecule has 2 aromatic heterocycles. The van der Waals surface area contributed by atoms with Crippen molar-refractivity contribution in [1.82, 2.24) is 40.4 Å². The number of imidazole rings is 2. The third-order valence-electron chi connectivity index (χ3n) is 15.0. The van der Waals surface area contributed by atoms with Crippen LogP contribution in [0.2, 0.25) is 0 Å². The molecule has 0 radical (unpaired) electrons. The number of amides is 4. The minimum Gasteiger partial charge on any atom is -0.453 e. The van der Waals surface area contributed by atoms with E-state index in [1.807, 2.05) is 70.5 Å². The number of methoxy groups -OCH3 is 1. The normalized spacial score (nSPS) is 21.6. The Labute approximate surface area is 393 Å². The molecule has 3 fully saturated rings. The van der Waals surface area contributed by atoms with Crippen LogP contribution < -0.4 is 10.6 Å². The number of H-pyrrole nitrogens is 2. The molecule has 4 amide bonds. The molecular formula is C55H54N8O5. The molecule has 13 heteroatoms. The molecule has 2 bridgehead atoms. The minimum absolute atomic E-state index is 0.0350. The Hall–Kier alpha value is -7.54. The molecule has 4 N–H and O–H groups in total. The van der Waals surface area contributed by atoms with Crippen molar-refractivity contribution in [3.8, 4) is 11.1 Å². The molecule has 0 spiro atoms. The summed E-state index contributed by atoms with van der Waals surface area (Å²) in [6.07, 6.45) is 2.45. The lowest BCUT2D eigenvalue weighted by atomic mass is 9.96. The van der Waals surface area contributed by atoms with Crippen LogP contribution in [0.15, 0.2) is 121 Å². The van der Waals surface area contributed by atoms with Crippen LogP contribution >= 0.6 is 0 Å². The highest BCUT2D eigenvalue weighted by atomic mass is 16.5. The molecule has 3 aliphatic rings. The zero-order chi connectivity index (χ0) is 46.8. The molecule has 2 saturated carbocycles. The van der Waals surface area contributed by atoms with E-state index in [9.17, 15) is 19.2 Å². The van der Waals surface area contributed by atoms with Crippen molar-refractivity contribution in [2.45, 2.75) is 83.2 Å². The number of likely N-dealkylation sites (tertiary alicyclic amines) is 1. The first-order valence-electron chi connectivity index (χ1n) is 23.8. The number of fused-ring (bicyclic) bond motifs is 8. The summed E-state index contributed by atoms with van der Waals surface area (Å²) in [5, 5.41) is 9.91. The molecule has 1 saturated heterocycles. The van der Waals surface area contributed by atoms with Crippen LogP contribution in [-0.2, 0) is 25.7 Å². The van der Waals surface area contributed by atoms with Gasteiger partial charge < -0.3 is 35.1 Å². The Bertz CT molecular complexity index is 3250. The molecular weight excluding hydrogens is 853 g/mol. The predicted octanol–water partition coefficient (Wildman–Crippen LogP) is 9.81. The van der Waals surface area contributed by atoms with Gasteiger partial charge in [0.15, 0.2) is 0 Å². The van der Waals surface area contributed by atoms with Crippen molar-refractivity contribution in [1.29, 1.82) is 0 Å². The fourth-order valence-electron chi connectivity index (χ4n) is 11.2. The predicted molar refractivity (Wildman–Crippen MR) is 262 cm³/mol. The summed E-state index contributed by atoms with van der Waals surface area (Å²) in [5.41, 5.74) is 7.08. The number of benzene rings is 6. The average molecular weight is 907 g/mol. The van der Waals surface area contributed by atoms with Crippen molar-refractivity contribution in [3.63, 3.8) is 0 Å². The van der Waals surface area contributed by atoms with Crippen LogP contribution in [0, 0.1) is 17.8 Å². The summed E-state index contributed by atoms with van der Waals surface area (Å²) >= 11 is 0. The maximum atomic E-state index is 14.5. The van der Waals surface area contributed by atoms with Crippen LogP contribution in [0.1, 0.15) is 87.4 Å². The van der Waals surface area contributed by atoms with Crippen molar-refractivity contribution in [3.05, 3.63) is 144 Å². The highest BCUT2D eigenvalue weighted by Crippen LogP contribution is 2.51. The first-order valence-corrected chi connectivity index (χ1v) is 23.8. The lowest BCUT2D eigenvalue weighted by Gasteiger charge is -2.36. The van der Waals surface area contributed by atoms with Crippen LogP contribution in [0.3, 0.4) is 0 Å². The smallest absolute Gasteiger partial charge is 0.407 e. The molecule has 11 rings (SSSR count). The zero-order valence-electron chi connectivity index (χ0n) is 38.5. The summed E-state index contributed by atoms with van der Waals surface area (Å²) in [7, 11) is 1.30. The van der Waals surface area contributed by atoms with E-state index in [0.717, 1.165) is 85.4 Å². The Morgan fingerprint density at radius 3 is 1.94 bits per heavy atom.